The third-order valence-corrected chi connectivity index (χ3v) is 5.38. The quantitative estimate of drug-likeness (QED) is 0.393. The lowest BCUT2D eigenvalue weighted by molar-refractivity contribution is 0.321. The van der Waals surface area contributed by atoms with Gasteiger partial charge in [-0.25, -0.2) is 0 Å². The first-order chi connectivity index (χ1) is 16.2. The predicted molar refractivity (Wildman–Crippen MR) is 128 cm³/mol. The number of benzene rings is 2. The van der Waals surface area contributed by atoms with Crippen LogP contribution in [-0.4, -0.2) is 36.1 Å². The molecule has 170 valence electrons. The van der Waals surface area contributed by atoms with Gasteiger partial charge in [-0.05, 0) is 23.8 Å². The number of nitrogens with zero attached hydrogens (tertiary/aromatic N) is 3. The molecule has 7 nitrogen and oxygen atoms in total. The molecule has 7 heteroatoms. The molecule has 0 radical (unpaired) electrons. The Bertz CT molecular complexity index is 1180. The summed E-state index contributed by atoms with van der Waals surface area (Å²) in [6, 6.07) is 18.1. The predicted octanol–water partition coefficient (Wildman–Crippen LogP) is 4.31. The van der Waals surface area contributed by atoms with E-state index < -0.39 is 0 Å². The van der Waals surface area contributed by atoms with Crippen LogP contribution in [0.2, 0.25) is 0 Å². The maximum Gasteiger partial charge on any atom is 0.203 e. The minimum absolute atomic E-state index is 0.589. The van der Waals surface area contributed by atoms with Crippen LogP contribution in [0.3, 0.4) is 0 Å². The van der Waals surface area contributed by atoms with Crippen LogP contribution in [0.5, 0.6) is 17.2 Å². The van der Waals surface area contributed by atoms with E-state index in [0.29, 0.717) is 36.9 Å². The number of pyridine rings is 1. The van der Waals surface area contributed by atoms with E-state index in [0.717, 1.165) is 22.4 Å². The topological polar surface area (TPSA) is 70.4 Å². The second kappa shape index (κ2) is 10.7. The smallest absolute Gasteiger partial charge is 0.203 e. The molecular weight excluding hydrogens is 416 g/mol. The fourth-order valence-corrected chi connectivity index (χ4v) is 3.82. The molecule has 4 aromatic rings. The molecule has 0 saturated carbocycles. The van der Waals surface area contributed by atoms with E-state index >= 15 is 0 Å². The van der Waals surface area contributed by atoms with Gasteiger partial charge in [0.25, 0.3) is 0 Å². The van der Waals surface area contributed by atoms with Crippen molar-refractivity contribution in [2.24, 2.45) is 0 Å². The molecule has 0 aliphatic heterocycles. The number of methoxy groups -OCH3 is 3. The van der Waals surface area contributed by atoms with Gasteiger partial charge in [-0.15, -0.1) is 0 Å². The lowest BCUT2D eigenvalue weighted by Gasteiger charge is -2.16. The molecule has 33 heavy (non-hydrogen) atoms. The van der Waals surface area contributed by atoms with Crippen LogP contribution in [0, 0.1) is 0 Å². The Morgan fingerprint density at radius 1 is 0.818 bits per heavy atom. The van der Waals surface area contributed by atoms with Crippen LogP contribution in [-0.2, 0) is 19.6 Å². The number of aromatic nitrogens is 3. The molecule has 1 N–H and O–H groups in total. The Balaban J connectivity index is 1.55. The van der Waals surface area contributed by atoms with E-state index in [1.165, 1.54) is 5.56 Å². The minimum Gasteiger partial charge on any atom is -0.493 e. The van der Waals surface area contributed by atoms with Crippen molar-refractivity contribution in [3.8, 4) is 28.5 Å². The number of hydrogen-bond acceptors (Lipinski definition) is 6. The van der Waals surface area contributed by atoms with Gasteiger partial charge in [-0.1, -0.05) is 36.4 Å². The number of nitrogens with one attached hydrogen (secondary N) is 1. The Labute approximate surface area is 194 Å². The molecule has 4 rings (SSSR count). The lowest BCUT2D eigenvalue weighted by atomic mass is 10.1. The van der Waals surface area contributed by atoms with Crippen LogP contribution in [0.15, 0.2) is 73.2 Å². The van der Waals surface area contributed by atoms with E-state index in [4.69, 9.17) is 19.3 Å². The molecule has 0 spiro atoms. The van der Waals surface area contributed by atoms with Crippen molar-refractivity contribution in [3.63, 3.8) is 0 Å². The fraction of sp³-hybridized carbons (Fsp3) is 0.231. The average molecular weight is 445 g/mol. The second-order valence-corrected chi connectivity index (χ2v) is 7.52. The first-order valence-electron chi connectivity index (χ1n) is 10.7. The summed E-state index contributed by atoms with van der Waals surface area (Å²) in [4.78, 5) is 4.27. The summed E-state index contributed by atoms with van der Waals surface area (Å²) >= 11 is 0. The van der Waals surface area contributed by atoms with Crippen LogP contribution < -0.4 is 19.5 Å². The highest BCUT2D eigenvalue weighted by Gasteiger charge is 2.16. The van der Waals surface area contributed by atoms with E-state index in [2.05, 4.69) is 28.6 Å². The second-order valence-electron chi connectivity index (χ2n) is 7.52. The Hall–Kier alpha value is -3.84. The molecule has 2 aromatic carbocycles. The van der Waals surface area contributed by atoms with Gasteiger partial charge >= 0.3 is 0 Å². The highest BCUT2D eigenvalue weighted by Crippen LogP contribution is 2.39. The van der Waals surface area contributed by atoms with Gasteiger partial charge < -0.3 is 19.5 Å². The van der Waals surface area contributed by atoms with Crippen molar-refractivity contribution >= 4 is 0 Å². The van der Waals surface area contributed by atoms with Crippen LogP contribution in [0.4, 0.5) is 0 Å². The van der Waals surface area contributed by atoms with Gasteiger partial charge in [0.2, 0.25) is 5.75 Å². The zero-order valence-corrected chi connectivity index (χ0v) is 19.1. The van der Waals surface area contributed by atoms with Crippen LogP contribution >= 0.6 is 0 Å². The van der Waals surface area contributed by atoms with E-state index in [1.54, 1.807) is 27.5 Å². The van der Waals surface area contributed by atoms with Crippen molar-refractivity contribution in [1.82, 2.24) is 20.1 Å². The SMILES string of the molecule is COc1ccc(CNCc2cn(Cc3ccccc3)nc2-c2cccnc2)c(OC)c1OC. The lowest BCUT2D eigenvalue weighted by Crippen LogP contribution is -2.14. The van der Waals surface area contributed by atoms with E-state index in [-0.39, 0.29) is 0 Å². The van der Waals surface area contributed by atoms with Crippen molar-refractivity contribution in [1.29, 1.82) is 0 Å². The van der Waals surface area contributed by atoms with E-state index in [1.807, 2.05) is 53.3 Å². The van der Waals surface area contributed by atoms with Gasteiger partial charge in [0.15, 0.2) is 11.5 Å². The van der Waals surface area contributed by atoms with Crippen molar-refractivity contribution in [2.45, 2.75) is 19.6 Å². The maximum atomic E-state index is 5.61. The van der Waals surface area contributed by atoms with Crippen LogP contribution in [0.25, 0.3) is 11.3 Å². The highest BCUT2D eigenvalue weighted by atomic mass is 16.5. The summed E-state index contributed by atoms with van der Waals surface area (Å²) < 4.78 is 18.5. The first-order valence-corrected chi connectivity index (χ1v) is 10.7. The van der Waals surface area contributed by atoms with Gasteiger partial charge in [0.05, 0.1) is 33.6 Å². The molecule has 2 heterocycles. The molecule has 0 aliphatic rings. The summed E-state index contributed by atoms with van der Waals surface area (Å²) in [5, 5.41) is 8.38. The number of hydrogen-bond donors (Lipinski definition) is 1. The maximum absolute atomic E-state index is 5.61. The van der Waals surface area contributed by atoms with Crippen LogP contribution in [0.1, 0.15) is 16.7 Å². The first kappa shape index (κ1) is 22.4. The van der Waals surface area contributed by atoms with Gasteiger partial charge in [-0.3, -0.25) is 9.67 Å². The third-order valence-electron chi connectivity index (χ3n) is 5.38. The highest BCUT2D eigenvalue weighted by molar-refractivity contribution is 5.61. The summed E-state index contributed by atoms with van der Waals surface area (Å²) in [6.07, 6.45) is 5.70. The number of ether oxygens (including phenoxy) is 3. The monoisotopic (exact) mass is 444 g/mol. The third kappa shape index (κ3) is 5.15. The largest absolute Gasteiger partial charge is 0.493 e. The van der Waals surface area contributed by atoms with E-state index in [9.17, 15) is 0 Å². The Kier molecular flexibility index (Phi) is 7.22. The summed E-state index contributed by atoms with van der Waals surface area (Å²) in [7, 11) is 4.86. The summed E-state index contributed by atoms with van der Waals surface area (Å²) in [5.41, 5.74) is 5.19. The zero-order valence-electron chi connectivity index (χ0n) is 19.1. The molecule has 2 aromatic heterocycles. The van der Waals surface area contributed by atoms with Crippen molar-refractivity contribution in [3.05, 3.63) is 89.9 Å². The summed E-state index contributed by atoms with van der Waals surface area (Å²) in [5.74, 6) is 1.89. The van der Waals surface area contributed by atoms with Gasteiger partial charge in [-0.2, -0.15) is 5.10 Å². The average Bonchev–Trinajstić information content (AvgIpc) is 3.26. The van der Waals surface area contributed by atoms with Gasteiger partial charge in [0, 0.05) is 48.4 Å². The molecule has 0 amide bonds. The molecule has 0 fully saturated rings. The standard InChI is InChI=1S/C26H28N4O3/c1-31-23-12-11-21(25(32-2)26(23)33-3)15-28-16-22-18-30(17-19-8-5-4-6-9-19)29-24(22)20-10-7-13-27-14-20/h4-14,18,28H,15-17H2,1-3H3. The molecular formula is C26H28N4O3. The normalized spacial score (nSPS) is 10.8. The Morgan fingerprint density at radius 3 is 2.30 bits per heavy atom. The Morgan fingerprint density at radius 2 is 1.61 bits per heavy atom. The molecule has 0 aliphatic carbocycles. The van der Waals surface area contributed by atoms with Gasteiger partial charge in [0.1, 0.15) is 0 Å². The molecule has 0 atom stereocenters. The van der Waals surface area contributed by atoms with Crippen molar-refractivity contribution < 1.29 is 14.2 Å². The van der Waals surface area contributed by atoms with Crippen molar-refractivity contribution in [2.75, 3.05) is 21.3 Å². The molecule has 0 saturated heterocycles. The molecule has 0 bridgehead atoms. The zero-order chi connectivity index (χ0) is 23.0. The number of rotatable bonds is 10. The minimum atomic E-state index is 0.589. The molecule has 0 unspecified atom stereocenters. The summed E-state index contributed by atoms with van der Waals surface area (Å²) in [6.45, 7) is 1.94. The fourth-order valence-electron chi connectivity index (χ4n) is 3.82.